The van der Waals surface area contributed by atoms with Crippen LogP contribution in [0.3, 0.4) is 0 Å². The SMILES string of the molecule is CC(CN)Nc1ccc(NC(N)=O)cc1. The van der Waals surface area contributed by atoms with Gasteiger partial charge in [0.25, 0.3) is 0 Å². The van der Waals surface area contributed by atoms with Gasteiger partial charge in [-0.15, -0.1) is 0 Å². The van der Waals surface area contributed by atoms with Crippen LogP contribution in [-0.4, -0.2) is 18.6 Å². The maximum Gasteiger partial charge on any atom is 0.316 e. The highest BCUT2D eigenvalue weighted by molar-refractivity contribution is 5.87. The summed E-state index contributed by atoms with van der Waals surface area (Å²) >= 11 is 0. The Hall–Kier alpha value is -1.75. The molecule has 0 aromatic heterocycles. The van der Waals surface area contributed by atoms with Crippen LogP contribution in [0.1, 0.15) is 6.92 Å². The second-order valence-corrected chi connectivity index (χ2v) is 3.35. The number of amides is 2. The lowest BCUT2D eigenvalue weighted by molar-refractivity contribution is 0.259. The first-order valence-corrected chi connectivity index (χ1v) is 4.75. The third-order valence-corrected chi connectivity index (χ3v) is 1.92. The number of rotatable bonds is 4. The molecule has 0 radical (unpaired) electrons. The Morgan fingerprint density at radius 3 is 2.33 bits per heavy atom. The van der Waals surface area contributed by atoms with E-state index in [1.807, 2.05) is 19.1 Å². The highest BCUT2D eigenvalue weighted by Crippen LogP contribution is 2.13. The van der Waals surface area contributed by atoms with Crippen LogP contribution >= 0.6 is 0 Å². The van der Waals surface area contributed by atoms with Gasteiger partial charge in [-0.3, -0.25) is 0 Å². The number of nitrogens with two attached hydrogens (primary N) is 2. The van der Waals surface area contributed by atoms with Gasteiger partial charge in [0.15, 0.2) is 0 Å². The fraction of sp³-hybridized carbons (Fsp3) is 0.300. The summed E-state index contributed by atoms with van der Waals surface area (Å²) in [5, 5.41) is 5.69. The Kier molecular flexibility index (Phi) is 3.93. The van der Waals surface area contributed by atoms with E-state index in [1.54, 1.807) is 12.1 Å². The van der Waals surface area contributed by atoms with Crippen LogP contribution in [0.15, 0.2) is 24.3 Å². The molecule has 82 valence electrons. The molecule has 0 aliphatic heterocycles. The normalized spacial score (nSPS) is 11.9. The molecule has 0 spiro atoms. The van der Waals surface area contributed by atoms with Crippen molar-refractivity contribution in [2.45, 2.75) is 13.0 Å². The van der Waals surface area contributed by atoms with Crippen LogP contribution in [0.2, 0.25) is 0 Å². The number of hydrogen-bond acceptors (Lipinski definition) is 3. The summed E-state index contributed by atoms with van der Waals surface area (Å²) < 4.78 is 0. The number of carbonyl (C=O) groups excluding carboxylic acids is 1. The predicted molar refractivity (Wildman–Crippen MR) is 61.8 cm³/mol. The molecule has 15 heavy (non-hydrogen) atoms. The molecule has 6 N–H and O–H groups in total. The van der Waals surface area contributed by atoms with Crippen molar-refractivity contribution in [3.63, 3.8) is 0 Å². The van der Waals surface area contributed by atoms with Gasteiger partial charge >= 0.3 is 6.03 Å². The topological polar surface area (TPSA) is 93.2 Å². The Morgan fingerprint density at radius 2 is 1.87 bits per heavy atom. The minimum Gasteiger partial charge on any atom is -0.381 e. The lowest BCUT2D eigenvalue weighted by atomic mass is 10.2. The molecule has 5 nitrogen and oxygen atoms in total. The highest BCUT2D eigenvalue weighted by Gasteiger charge is 1.99. The largest absolute Gasteiger partial charge is 0.381 e. The number of anilines is 2. The molecule has 0 aliphatic carbocycles. The lowest BCUT2D eigenvalue weighted by Gasteiger charge is -2.13. The van der Waals surface area contributed by atoms with Crippen molar-refractivity contribution >= 4 is 17.4 Å². The summed E-state index contributed by atoms with van der Waals surface area (Å²) in [6.45, 7) is 2.57. The molecular formula is C10H16N4O. The van der Waals surface area contributed by atoms with Crippen molar-refractivity contribution in [3.8, 4) is 0 Å². The van der Waals surface area contributed by atoms with E-state index in [0.29, 0.717) is 12.2 Å². The maximum atomic E-state index is 10.6. The maximum absolute atomic E-state index is 10.6. The molecule has 1 aromatic carbocycles. The quantitative estimate of drug-likeness (QED) is 0.593. The van der Waals surface area contributed by atoms with E-state index in [2.05, 4.69) is 10.6 Å². The van der Waals surface area contributed by atoms with Gasteiger partial charge in [0, 0.05) is 24.0 Å². The minimum absolute atomic E-state index is 0.222. The van der Waals surface area contributed by atoms with Crippen LogP contribution < -0.4 is 22.1 Å². The monoisotopic (exact) mass is 208 g/mol. The van der Waals surface area contributed by atoms with Gasteiger partial charge < -0.3 is 22.1 Å². The van der Waals surface area contributed by atoms with E-state index in [9.17, 15) is 4.79 Å². The van der Waals surface area contributed by atoms with E-state index in [4.69, 9.17) is 11.5 Å². The molecule has 0 heterocycles. The van der Waals surface area contributed by atoms with Crippen molar-refractivity contribution in [1.82, 2.24) is 0 Å². The van der Waals surface area contributed by atoms with Gasteiger partial charge in [-0.1, -0.05) is 0 Å². The Labute approximate surface area is 88.8 Å². The van der Waals surface area contributed by atoms with Gasteiger partial charge in [-0.2, -0.15) is 0 Å². The summed E-state index contributed by atoms with van der Waals surface area (Å²) in [6.07, 6.45) is 0. The van der Waals surface area contributed by atoms with E-state index in [-0.39, 0.29) is 6.04 Å². The number of primary amides is 1. The first-order valence-electron chi connectivity index (χ1n) is 4.75. The predicted octanol–water partition coefficient (Wildman–Crippen LogP) is 0.936. The standard InChI is InChI=1S/C10H16N4O/c1-7(6-11)13-8-2-4-9(5-3-8)14-10(12)15/h2-5,7,13H,6,11H2,1H3,(H3,12,14,15). The smallest absolute Gasteiger partial charge is 0.316 e. The van der Waals surface area contributed by atoms with Crippen molar-refractivity contribution in [2.75, 3.05) is 17.2 Å². The summed E-state index contributed by atoms with van der Waals surface area (Å²) in [6, 6.07) is 6.92. The van der Waals surface area contributed by atoms with Crippen molar-refractivity contribution in [2.24, 2.45) is 11.5 Å². The van der Waals surface area contributed by atoms with Gasteiger partial charge in [0.05, 0.1) is 0 Å². The molecular weight excluding hydrogens is 192 g/mol. The minimum atomic E-state index is -0.564. The summed E-state index contributed by atoms with van der Waals surface area (Å²) in [5.74, 6) is 0. The molecule has 5 heteroatoms. The first-order chi connectivity index (χ1) is 7.11. The average Bonchev–Trinajstić information content (AvgIpc) is 2.20. The molecule has 0 bridgehead atoms. The van der Waals surface area contributed by atoms with E-state index in [0.717, 1.165) is 5.69 Å². The second-order valence-electron chi connectivity index (χ2n) is 3.35. The van der Waals surface area contributed by atoms with Crippen LogP contribution in [0.5, 0.6) is 0 Å². The number of carbonyl (C=O) groups is 1. The van der Waals surface area contributed by atoms with E-state index in [1.165, 1.54) is 0 Å². The Morgan fingerprint density at radius 1 is 1.33 bits per heavy atom. The zero-order chi connectivity index (χ0) is 11.3. The second kappa shape index (κ2) is 5.21. The number of nitrogens with one attached hydrogen (secondary N) is 2. The molecule has 0 aliphatic rings. The third-order valence-electron chi connectivity index (χ3n) is 1.92. The summed E-state index contributed by atoms with van der Waals surface area (Å²) in [5.41, 5.74) is 12.1. The molecule has 0 saturated carbocycles. The first kappa shape index (κ1) is 11.3. The fourth-order valence-electron chi connectivity index (χ4n) is 1.14. The number of urea groups is 1. The van der Waals surface area contributed by atoms with Crippen LogP contribution in [0.25, 0.3) is 0 Å². The van der Waals surface area contributed by atoms with Crippen LogP contribution in [0.4, 0.5) is 16.2 Å². The van der Waals surface area contributed by atoms with Gasteiger partial charge in [-0.05, 0) is 31.2 Å². The van der Waals surface area contributed by atoms with E-state index >= 15 is 0 Å². The van der Waals surface area contributed by atoms with Gasteiger partial charge in [0.1, 0.15) is 0 Å². The zero-order valence-corrected chi connectivity index (χ0v) is 8.66. The van der Waals surface area contributed by atoms with Crippen molar-refractivity contribution < 1.29 is 4.79 Å². The van der Waals surface area contributed by atoms with Crippen LogP contribution in [-0.2, 0) is 0 Å². The molecule has 1 rings (SSSR count). The Balaban J connectivity index is 2.60. The van der Waals surface area contributed by atoms with Crippen molar-refractivity contribution in [3.05, 3.63) is 24.3 Å². The van der Waals surface area contributed by atoms with Gasteiger partial charge in [-0.25, -0.2) is 4.79 Å². The average molecular weight is 208 g/mol. The Bertz CT molecular complexity index is 323. The molecule has 0 saturated heterocycles. The van der Waals surface area contributed by atoms with Gasteiger partial charge in [0.2, 0.25) is 0 Å². The molecule has 0 fully saturated rings. The number of hydrogen-bond donors (Lipinski definition) is 4. The molecule has 1 aromatic rings. The molecule has 1 atom stereocenters. The van der Waals surface area contributed by atoms with E-state index < -0.39 is 6.03 Å². The lowest BCUT2D eigenvalue weighted by Crippen LogP contribution is -2.25. The zero-order valence-electron chi connectivity index (χ0n) is 8.66. The summed E-state index contributed by atoms with van der Waals surface area (Å²) in [7, 11) is 0. The molecule has 1 unspecified atom stereocenters. The van der Waals surface area contributed by atoms with Crippen LogP contribution in [0, 0.1) is 0 Å². The molecule has 2 amide bonds. The fourth-order valence-corrected chi connectivity index (χ4v) is 1.14. The summed E-state index contributed by atoms with van der Waals surface area (Å²) in [4.78, 5) is 10.6. The van der Waals surface area contributed by atoms with Crippen molar-refractivity contribution in [1.29, 1.82) is 0 Å². The highest BCUT2D eigenvalue weighted by atomic mass is 16.2. The number of benzene rings is 1. The third kappa shape index (κ3) is 3.86.